The van der Waals surface area contributed by atoms with Crippen LogP contribution >= 0.6 is 0 Å². The summed E-state index contributed by atoms with van der Waals surface area (Å²) in [6.07, 6.45) is 0.971. The van der Waals surface area contributed by atoms with E-state index in [-0.39, 0.29) is 17.5 Å². The molecule has 0 radical (unpaired) electrons. The molecule has 0 N–H and O–H groups in total. The van der Waals surface area contributed by atoms with Gasteiger partial charge in [0.05, 0.1) is 7.11 Å². The van der Waals surface area contributed by atoms with Crippen molar-refractivity contribution in [2.45, 2.75) is 19.9 Å². The topological polar surface area (TPSA) is 32.8 Å². The molecular formula is C21H25FN2O2. The summed E-state index contributed by atoms with van der Waals surface area (Å²) in [6.45, 7) is 5.72. The van der Waals surface area contributed by atoms with Crippen LogP contribution in [0.5, 0.6) is 5.75 Å². The van der Waals surface area contributed by atoms with E-state index >= 15 is 0 Å². The van der Waals surface area contributed by atoms with Crippen LogP contribution < -0.4 is 4.74 Å². The van der Waals surface area contributed by atoms with Crippen LogP contribution in [0.15, 0.2) is 42.5 Å². The molecule has 0 spiro atoms. The average molecular weight is 356 g/mol. The summed E-state index contributed by atoms with van der Waals surface area (Å²) in [4.78, 5) is 16.8. The molecule has 0 aliphatic carbocycles. The molecule has 26 heavy (non-hydrogen) atoms. The van der Waals surface area contributed by atoms with Crippen molar-refractivity contribution in [1.82, 2.24) is 9.80 Å². The van der Waals surface area contributed by atoms with Crippen LogP contribution in [0.3, 0.4) is 0 Å². The van der Waals surface area contributed by atoms with Gasteiger partial charge in [-0.2, -0.15) is 0 Å². The largest absolute Gasteiger partial charge is 0.494 e. The summed E-state index contributed by atoms with van der Waals surface area (Å²) in [5.41, 5.74) is 2.89. The molecule has 1 aliphatic heterocycles. The Labute approximate surface area is 154 Å². The SMILES string of the molecule is CCc1ccc(C(=O)N2CCN(Cc3ccc(OC)c(F)c3)CC2)cc1. The fourth-order valence-corrected chi connectivity index (χ4v) is 3.24. The number of halogens is 1. The lowest BCUT2D eigenvalue weighted by Crippen LogP contribution is -2.48. The number of aryl methyl sites for hydroxylation is 1. The molecule has 1 aliphatic rings. The van der Waals surface area contributed by atoms with E-state index in [0.717, 1.165) is 30.6 Å². The van der Waals surface area contributed by atoms with Crippen molar-refractivity contribution < 1.29 is 13.9 Å². The van der Waals surface area contributed by atoms with Gasteiger partial charge in [-0.05, 0) is 41.8 Å². The molecule has 0 aromatic heterocycles. The van der Waals surface area contributed by atoms with Gasteiger partial charge in [0.15, 0.2) is 11.6 Å². The van der Waals surface area contributed by atoms with Crippen molar-refractivity contribution in [3.8, 4) is 5.75 Å². The number of carbonyl (C=O) groups is 1. The van der Waals surface area contributed by atoms with E-state index < -0.39 is 0 Å². The van der Waals surface area contributed by atoms with Crippen LogP contribution in [-0.4, -0.2) is 49.0 Å². The van der Waals surface area contributed by atoms with Crippen LogP contribution in [0.2, 0.25) is 0 Å². The minimum absolute atomic E-state index is 0.0859. The van der Waals surface area contributed by atoms with E-state index in [1.807, 2.05) is 35.2 Å². The molecule has 4 nitrogen and oxygen atoms in total. The average Bonchev–Trinajstić information content (AvgIpc) is 2.68. The first-order chi connectivity index (χ1) is 12.6. The molecule has 1 fully saturated rings. The van der Waals surface area contributed by atoms with E-state index in [1.165, 1.54) is 18.7 Å². The van der Waals surface area contributed by atoms with Gasteiger partial charge in [0, 0.05) is 38.3 Å². The first-order valence-corrected chi connectivity index (χ1v) is 9.03. The van der Waals surface area contributed by atoms with Crippen molar-refractivity contribution >= 4 is 5.91 Å². The van der Waals surface area contributed by atoms with Crippen LogP contribution in [0.1, 0.15) is 28.4 Å². The molecule has 1 heterocycles. The molecule has 1 saturated heterocycles. The maximum atomic E-state index is 13.8. The fraction of sp³-hybridized carbons (Fsp3) is 0.381. The smallest absolute Gasteiger partial charge is 0.253 e. The van der Waals surface area contributed by atoms with Crippen LogP contribution in [0.25, 0.3) is 0 Å². The van der Waals surface area contributed by atoms with Crippen molar-refractivity contribution in [3.63, 3.8) is 0 Å². The minimum Gasteiger partial charge on any atom is -0.494 e. The number of hydrogen-bond acceptors (Lipinski definition) is 3. The Morgan fingerprint density at radius 1 is 1.04 bits per heavy atom. The molecule has 2 aromatic carbocycles. The molecule has 5 heteroatoms. The lowest BCUT2D eigenvalue weighted by atomic mass is 10.1. The molecule has 0 bridgehead atoms. The van der Waals surface area contributed by atoms with Crippen LogP contribution in [0.4, 0.5) is 4.39 Å². The molecule has 1 amide bonds. The Bertz CT molecular complexity index is 753. The zero-order chi connectivity index (χ0) is 18.5. The van der Waals surface area contributed by atoms with Gasteiger partial charge < -0.3 is 9.64 Å². The van der Waals surface area contributed by atoms with Gasteiger partial charge in [-0.25, -0.2) is 4.39 Å². The first-order valence-electron chi connectivity index (χ1n) is 9.03. The summed E-state index contributed by atoms with van der Waals surface area (Å²) in [5.74, 6) is 0.00962. The molecule has 138 valence electrons. The highest BCUT2D eigenvalue weighted by Crippen LogP contribution is 2.19. The second-order valence-electron chi connectivity index (χ2n) is 6.59. The third-order valence-electron chi connectivity index (χ3n) is 4.89. The van der Waals surface area contributed by atoms with E-state index in [9.17, 15) is 9.18 Å². The summed E-state index contributed by atoms with van der Waals surface area (Å²) in [5, 5.41) is 0. The van der Waals surface area contributed by atoms with Crippen molar-refractivity contribution in [1.29, 1.82) is 0 Å². The third-order valence-corrected chi connectivity index (χ3v) is 4.89. The first kappa shape index (κ1) is 18.4. The van der Waals surface area contributed by atoms with Gasteiger partial charge in [-0.3, -0.25) is 9.69 Å². The fourth-order valence-electron chi connectivity index (χ4n) is 3.24. The Balaban J connectivity index is 1.55. The second kappa shape index (κ2) is 8.32. The summed E-state index contributed by atoms with van der Waals surface area (Å²) in [6, 6.07) is 12.9. The third kappa shape index (κ3) is 4.22. The van der Waals surface area contributed by atoms with Gasteiger partial charge in [-0.15, -0.1) is 0 Å². The van der Waals surface area contributed by atoms with Crippen molar-refractivity contribution in [2.75, 3.05) is 33.3 Å². The monoisotopic (exact) mass is 356 g/mol. The van der Waals surface area contributed by atoms with Gasteiger partial charge in [-0.1, -0.05) is 25.1 Å². The van der Waals surface area contributed by atoms with Crippen LogP contribution in [-0.2, 0) is 13.0 Å². The quantitative estimate of drug-likeness (QED) is 0.824. The van der Waals surface area contributed by atoms with Crippen LogP contribution in [0, 0.1) is 5.82 Å². The number of carbonyl (C=O) groups excluding carboxylic acids is 1. The number of nitrogens with zero attached hydrogens (tertiary/aromatic N) is 2. The lowest BCUT2D eigenvalue weighted by molar-refractivity contribution is 0.0628. The molecule has 2 aromatic rings. The zero-order valence-corrected chi connectivity index (χ0v) is 15.4. The van der Waals surface area contributed by atoms with E-state index in [2.05, 4.69) is 11.8 Å². The zero-order valence-electron chi connectivity index (χ0n) is 15.4. The number of methoxy groups -OCH3 is 1. The predicted octanol–water partition coefficient (Wildman–Crippen LogP) is 3.35. The summed E-state index contributed by atoms with van der Waals surface area (Å²) in [7, 11) is 1.46. The van der Waals surface area contributed by atoms with Crippen molar-refractivity contribution in [3.05, 3.63) is 65.0 Å². The highest BCUT2D eigenvalue weighted by molar-refractivity contribution is 5.94. The maximum Gasteiger partial charge on any atom is 0.253 e. The molecular weight excluding hydrogens is 331 g/mol. The molecule has 3 rings (SSSR count). The molecule has 0 unspecified atom stereocenters. The number of hydrogen-bond donors (Lipinski definition) is 0. The number of rotatable bonds is 5. The highest BCUT2D eigenvalue weighted by atomic mass is 19.1. The molecule has 0 atom stereocenters. The van der Waals surface area contributed by atoms with Gasteiger partial charge in [0.2, 0.25) is 0 Å². The minimum atomic E-state index is -0.339. The lowest BCUT2D eigenvalue weighted by Gasteiger charge is -2.34. The Kier molecular flexibility index (Phi) is 5.89. The number of benzene rings is 2. The Morgan fingerprint density at radius 3 is 2.27 bits per heavy atom. The van der Waals surface area contributed by atoms with Gasteiger partial charge in [0.25, 0.3) is 5.91 Å². The number of amides is 1. The van der Waals surface area contributed by atoms with Gasteiger partial charge in [0.1, 0.15) is 0 Å². The Hall–Kier alpha value is -2.40. The predicted molar refractivity (Wildman–Crippen MR) is 100.0 cm³/mol. The van der Waals surface area contributed by atoms with E-state index in [1.54, 1.807) is 6.07 Å². The normalized spacial score (nSPS) is 15.1. The second-order valence-corrected chi connectivity index (χ2v) is 6.59. The van der Waals surface area contributed by atoms with E-state index in [4.69, 9.17) is 4.74 Å². The highest BCUT2D eigenvalue weighted by Gasteiger charge is 2.22. The van der Waals surface area contributed by atoms with E-state index in [0.29, 0.717) is 19.6 Å². The van der Waals surface area contributed by atoms with Gasteiger partial charge >= 0.3 is 0 Å². The number of piperazine rings is 1. The van der Waals surface area contributed by atoms with Crippen molar-refractivity contribution in [2.24, 2.45) is 0 Å². The number of ether oxygens (including phenoxy) is 1. The standard InChI is InChI=1S/C21H25FN2O2/c1-3-16-4-7-18(8-5-16)21(25)24-12-10-23(11-13-24)15-17-6-9-20(26-2)19(22)14-17/h4-9,14H,3,10-13,15H2,1-2H3. The summed E-state index contributed by atoms with van der Waals surface area (Å²) >= 11 is 0. The molecule has 0 saturated carbocycles. The maximum absolute atomic E-state index is 13.8. The summed E-state index contributed by atoms with van der Waals surface area (Å²) < 4.78 is 18.8. The Morgan fingerprint density at radius 2 is 1.69 bits per heavy atom.